The van der Waals surface area contributed by atoms with Gasteiger partial charge in [-0.25, -0.2) is 4.39 Å². The van der Waals surface area contributed by atoms with Gasteiger partial charge >= 0.3 is 0 Å². The molecule has 0 aliphatic rings. The lowest BCUT2D eigenvalue weighted by Gasteiger charge is -2.17. The van der Waals surface area contributed by atoms with E-state index in [1.54, 1.807) is 18.3 Å². The Kier molecular flexibility index (Phi) is 4.44. The highest BCUT2D eigenvalue weighted by Crippen LogP contribution is 2.25. The van der Waals surface area contributed by atoms with Gasteiger partial charge in [0.2, 0.25) is 0 Å². The molecule has 0 aliphatic heterocycles. The molecular weight excluding hydrogens is 295 g/mol. The second-order valence-corrected chi connectivity index (χ2v) is 4.86. The summed E-state index contributed by atoms with van der Waals surface area (Å²) >= 11 is 3.21. The monoisotopic (exact) mass is 308 g/mol. The van der Waals surface area contributed by atoms with Crippen molar-refractivity contribution < 1.29 is 4.39 Å². The summed E-state index contributed by atoms with van der Waals surface area (Å²) in [6.45, 7) is 0. The Hall–Kier alpha value is -1.26. The van der Waals surface area contributed by atoms with Gasteiger partial charge in [0.25, 0.3) is 0 Å². The summed E-state index contributed by atoms with van der Waals surface area (Å²) in [7, 11) is 1.83. The van der Waals surface area contributed by atoms with E-state index in [4.69, 9.17) is 0 Å². The molecule has 1 unspecified atom stereocenters. The summed E-state index contributed by atoms with van der Waals surface area (Å²) in [5.41, 5.74) is 1.59. The van der Waals surface area contributed by atoms with E-state index in [1.165, 1.54) is 0 Å². The van der Waals surface area contributed by atoms with Crippen molar-refractivity contribution in [3.05, 3.63) is 64.1 Å². The minimum atomic E-state index is -0.215. The molecule has 2 aromatic rings. The van der Waals surface area contributed by atoms with Gasteiger partial charge in [0.05, 0.1) is 4.47 Å². The number of benzene rings is 1. The zero-order valence-corrected chi connectivity index (χ0v) is 11.6. The van der Waals surface area contributed by atoms with E-state index < -0.39 is 0 Å². The average Bonchev–Trinajstić information content (AvgIpc) is 2.41. The fourth-order valence-corrected chi connectivity index (χ4v) is 2.27. The van der Waals surface area contributed by atoms with Crippen molar-refractivity contribution in [2.75, 3.05) is 7.05 Å². The van der Waals surface area contributed by atoms with E-state index in [9.17, 15) is 4.39 Å². The van der Waals surface area contributed by atoms with E-state index in [1.807, 2.05) is 31.3 Å². The third-order valence-electron chi connectivity index (χ3n) is 2.84. The molecule has 0 radical (unpaired) electrons. The molecule has 0 amide bonds. The molecule has 18 heavy (non-hydrogen) atoms. The van der Waals surface area contributed by atoms with Gasteiger partial charge < -0.3 is 5.32 Å². The molecule has 4 heteroatoms. The SMILES string of the molecule is CNC(Cc1ccccn1)c1cccc(Br)c1F. The van der Waals surface area contributed by atoms with E-state index >= 15 is 0 Å². The maximum atomic E-state index is 14.0. The molecular formula is C14H14BrFN2. The summed E-state index contributed by atoms with van der Waals surface area (Å²) in [5, 5.41) is 3.13. The first-order chi connectivity index (χ1) is 8.72. The van der Waals surface area contributed by atoms with Crippen LogP contribution in [0.5, 0.6) is 0 Å². The Balaban J connectivity index is 2.26. The molecule has 2 rings (SSSR count). The van der Waals surface area contributed by atoms with Crippen molar-refractivity contribution in [3.8, 4) is 0 Å². The minimum Gasteiger partial charge on any atom is -0.313 e. The van der Waals surface area contributed by atoms with Crippen molar-refractivity contribution >= 4 is 15.9 Å². The zero-order valence-electron chi connectivity index (χ0n) is 10.0. The van der Waals surface area contributed by atoms with Crippen molar-refractivity contribution in [1.82, 2.24) is 10.3 Å². The highest BCUT2D eigenvalue weighted by molar-refractivity contribution is 9.10. The van der Waals surface area contributed by atoms with Gasteiger partial charge in [0.1, 0.15) is 5.82 Å². The standard InChI is InChI=1S/C14H14BrFN2/c1-17-13(9-10-5-2-3-8-18-10)11-6-4-7-12(15)14(11)16/h2-8,13,17H,9H2,1H3. The summed E-state index contributed by atoms with van der Waals surface area (Å²) in [5.74, 6) is -0.215. The Morgan fingerprint density at radius 2 is 2.11 bits per heavy atom. The van der Waals surface area contributed by atoms with Gasteiger partial charge in [-0.2, -0.15) is 0 Å². The van der Waals surface area contributed by atoms with E-state index in [-0.39, 0.29) is 11.9 Å². The van der Waals surface area contributed by atoms with E-state index in [0.29, 0.717) is 16.5 Å². The highest BCUT2D eigenvalue weighted by atomic mass is 79.9. The van der Waals surface area contributed by atoms with Crippen molar-refractivity contribution in [2.45, 2.75) is 12.5 Å². The van der Waals surface area contributed by atoms with Crippen LogP contribution in [-0.4, -0.2) is 12.0 Å². The largest absolute Gasteiger partial charge is 0.313 e. The second kappa shape index (κ2) is 6.07. The molecule has 2 nitrogen and oxygen atoms in total. The van der Waals surface area contributed by atoms with Crippen LogP contribution in [0, 0.1) is 5.82 Å². The fraction of sp³-hybridized carbons (Fsp3) is 0.214. The number of rotatable bonds is 4. The van der Waals surface area contributed by atoms with Crippen LogP contribution in [-0.2, 0) is 6.42 Å². The fourth-order valence-electron chi connectivity index (χ4n) is 1.89. The molecule has 0 fully saturated rings. The number of likely N-dealkylation sites (N-methyl/N-ethyl adjacent to an activating group) is 1. The Morgan fingerprint density at radius 1 is 1.28 bits per heavy atom. The van der Waals surface area contributed by atoms with Crippen LogP contribution in [0.4, 0.5) is 4.39 Å². The van der Waals surface area contributed by atoms with Gasteiger partial charge in [-0.15, -0.1) is 0 Å². The lowest BCUT2D eigenvalue weighted by atomic mass is 10.0. The Morgan fingerprint density at radius 3 is 2.78 bits per heavy atom. The molecule has 0 aliphatic carbocycles. The maximum Gasteiger partial charge on any atom is 0.142 e. The molecule has 1 aromatic carbocycles. The number of pyridine rings is 1. The predicted molar refractivity (Wildman–Crippen MR) is 73.8 cm³/mol. The minimum absolute atomic E-state index is 0.0857. The van der Waals surface area contributed by atoms with Crippen LogP contribution in [0.2, 0.25) is 0 Å². The van der Waals surface area contributed by atoms with Gasteiger partial charge in [0.15, 0.2) is 0 Å². The average molecular weight is 309 g/mol. The van der Waals surface area contributed by atoms with Gasteiger partial charge in [0, 0.05) is 29.9 Å². The number of halogens is 2. The smallest absolute Gasteiger partial charge is 0.142 e. The zero-order chi connectivity index (χ0) is 13.0. The molecule has 1 atom stereocenters. The normalized spacial score (nSPS) is 12.4. The summed E-state index contributed by atoms with van der Waals surface area (Å²) in [4.78, 5) is 4.27. The van der Waals surface area contributed by atoms with Crippen LogP contribution < -0.4 is 5.32 Å². The topological polar surface area (TPSA) is 24.9 Å². The van der Waals surface area contributed by atoms with E-state index in [2.05, 4.69) is 26.2 Å². The molecule has 0 spiro atoms. The van der Waals surface area contributed by atoms with Crippen LogP contribution in [0.25, 0.3) is 0 Å². The number of nitrogens with one attached hydrogen (secondary N) is 1. The van der Waals surface area contributed by atoms with Crippen LogP contribution >= 0.6 is 15.9 Å². The molecule has 1 N–H and O–H groups in total. The summed E-state index contributed by atoms with van der Waals surface area (Å²) in [6, 6.07) is 11.0. The van der Waals surface area contributed by atoms with E-state index in [0.717, 1.165) is 5.69 Å². The summed E-state index contributed by atoms with van der Waals surface area (Å²) in [6.07, 6.45) is 2.41. The predicted octanol–water partition coefficient (Wildman–Crippen LogP) is 3.49. The second-order valence-electron chi connectivity index (χ2n) is 4.01. The van der Waals surface area contributed by atoms with Gasteiger partial charge in [-0.05, 0) is 41.2 Å². The number of hydrogen-bond acceptors (Lipinski definition) is 2. The molecule has 94 valence electrons. The molecule has 1 aromatic heterocycles. The van der Waals surface area contributed by atoms with Crippen LogP contribution in [0.3, 0.4) is 0 Å². The Labute approximate surface area is 114 Å². The highest BCUT2D eigenvalue weighted by Gasteiger charge is 2.16. The first kappa shape index (κ1) is 13.2. The third-order valence-corrected chi connectivity index (χ3v) is 3.46. The van der Waals surface area contributed by atoms with Crippen molar-refractivity contribution in [3.63, 3.8) is 0 Å². The quantitative estimate of drug-likeness (QED) is 0.935. The molecule has 0 saturated heterocycles. The number of hydrogen-bond donors (Lipinski definition) is 1. The Bertz CT molecular complexity index is 516. The van der Waals surface area contributed by atoms with Gasteiger partial charge in [-0.3, -0.25) is 4.98 Å². The first-order valence-corrected chi connectivity index (χ1v) is 6.52. The lowest BCUT2D eigenvalue weighted by Crippen LogP contribution is -2.20. The van der Waals surface area contributed by atoms with Crippen LogP contribution in [0.1, 0.15) is 17.3 Å². The summed E-state index contributed by atoms with van der Waals surface area (Å²) < 4.78 is 14.5. The number of aromatic nitrogens is 1. The maximum absolute atomic E-state index is 14.0. The first-order valence-electron chi connectivity index (χ1n) is 5.73. The lowest BCUT2D eigenvalue weighted by molar-refractivity contribution is 0.527. The van der Waals surface area contributed by atoms with Crippen molar-refractivity contribution in [2.24, 2.45) is 0 Å². The third kappa shape index (κ3) is 2.94. The van der Waals surface area contributed by atoms with Crippen LogP contribution in [0.15, 0.2) is 47.1 Å². The van der Waals surface area contributed by atoms with Gasteiger partial charge in [-0.1, -0.05) is 18.2 Å². The molecule has 0 saturated carbocycles. The molecule has 1 heterocycles. The molecule has 0 bridgehead atoms. The number of nitrogens with zero attached hydrogens (tertiary/aromatic N) is 1. The van der Waals surface area contributed by atoms with Crippen molar-refractivity contribution in [1.29, 1.82) is 0 Å².